The number of pyridine rings is 2. The summed E-state index contributed by atoms with van der Waals surface area (Å²) in [4.78, 5) is 19.3. The highest BCUT2D eigenvalue weighted by molar-refractivity contribution is 5.97. The van der Waals surface area contributed by atoms with Crippen molar-refractivity contribution in [3.63, 3.8) is 0 Å². The zero-order valence-electron chi connectivity index (χ0n) is 11.2. The Morgan fingerprint density at radius 2 is 1.90 bits per heavy atom. The summed E-state index contributed by atoms with van der Waals surface area (Å²) in [6, 6.07) is 13.0. The van der Waals surface area contributed by atoms with Gasteiger partial charge in [-0.15, -0.1) is 0 Å². The number of carboxylic acids is 1. The minimum Gasteiger partial charge on any atom is -0.477 e. The van der Waals surface area contributed by atoms with E-state index in [2.05, 4.69) is 15.3 Å². The molecule has 0 spiro atoms. The molecule has 0 aliphatic carbocycles. The van der Waals surface area contributed by atoms with Crippen LogP contribution in [0.5, 0.6) is 0 Å². The van der Waals surface area contributed by atoms with Crippen molar-refractivity contribution in [2.75, 3.05) is 5.32 Å². The van der Waals surface area contributed by atoms with Crippen molar-refractivity contribution in [1.82, 2.24) is 9.97 Å². The quantitative estimate of drug-likeness (QED) is 0.768. The second kappa shape index (κ2) is 5.58. The first-order valence-electron chi connectivity index (χ1n) is 6.50. The number of carbonyl (C=O) groups is 1. The molecule has 2 N–H and O–H groups in total. The fourth-order valence-electron chi connectivity index (χ4n) is 2.13. The fraction of sp³-hybridized carbons (Fsp3) is 0.0625. The number of hydrogen-bond donors (Lipinski definition) is 2. The molecule has 0 radical (unpaired) electrons. The van der Waals surface area contributed by atoms with Crippen LogP contribution in [0.1, 0.15) is 16.1 Å². The molecule has 0 saturated carbocycles. The third-order valence-electron chi connectivity index (χ3n) is 3.17. The summed E-state index contributed by atoms with van der Waals surface area (Å²) in [7, 11) is 0. The van der Waals surface area contributed by atoms with Gasteiger partial charge in [0.05, 0.1) is 0 Å². The molecule has 2 heterocycles. The Kier molecular flexibility index (Phi) is 3.47. The van der Waals surface area contributed by atoms with Crippen molar-refractivity contribution >= 4 is 22.6 Å². The Morgan fingerprint density at radius 3 is 2.67 bits per heavy atom. The van der Waals surface area contributed by atoms with Crippen LogP contribution in [-0.2, 0) is 6.54 Å². The van der Waals surface area contributed by atoms with Gasteiger partial charge in [-0.05, 0) is 29.1 Å². The molecule has 0 amide bonds. The third kappa shape index (κ3) is 2.81. The number of benzene rings is 1. The molecule has 2 aromatic heterocycles. The third-order valence-corrected chi connectivity index (χ3v) is 3.17. The van der Waals surface area contributed by atoms with Crippen molar-refractivity contribution in [2.24, 2.45) is 0 Å². The van der Waals surface area contributed by atoms with E-state index in [1.807, 2.05) is 36.4 Å². The van der Waals surface area contributed by atoms with E-state index in [1.54, 1.807) is 18.5 Å². The molecule has 0 unspecified atom stereocenters. The van der Waals surface area contributed by atoms with Gasteiger partial charge in [-0.1, -0.05) is 24.3 Å². The van der Waals surface area contributed by atoms with Crippen molar-refractivity contribution in [2.45, 2.75) is 6.54 Å². The molecule has 1 aromatic carbocycles. The van der Waals surface area contributed by atoms with Crippen LogP contribution in [0, 0.1) is 0 Å². The van der Waals surface area contributed by atoms with Gasteiger partial charge >= 0.3 is 5.97 Å². The van der Waals surface area contributed by atoms with Gasteiger partial charge in [-0.3, -0.25) is 4.98 Å². The average Bonchev–Trinajstić information content (AvgIpc) is 2.53. The smallest absolute Gasteiger partial charge is 0.354 e. The van der Waals surface area contributed by atoms with Gasteiger partial charge in [-0.2, -0.15) is 0 Å². The Balaban J connectivity index is 1.98. The lowest BCUT2D eigenvalue weighted by atomic mass is 10.1. The van der Waals surface area contributed by atoms with Gasteiger partial charge in [0.1, 0.15) is 5.82 Å². The number of hydrogen-bond acceptors (Lipinski definition) is 4. The van der Waals surface area contributed by atoms with Gasteiger partial charge in [-0.25, -0.2) is 9.78 Å². The Morgan fingerprint density at radius 1 is 1.14 bits per heavy atom. The van der Waals surface area contributed by atoms with E-state index in [-0.39, 0.29) is 5.69 Å². The number of aromatic nitrogens is 2. The van der Waals surface area contributed by atoms with Crippen molar-refractivity contribution in [1.29, 1.82) is 0 Å². The number of carboxylic acid groups (broad SMARTS) is 1. The van der Waals surface area contributed by atoms with Gasteiger partial charge in [0, 0.05) is 24.3 Å². The van der Waals surface area contributed by atoms with E-state index in [4.69, 9.17) is 5.11 Å². The fourth-order valence-corrected chi connectivity index (χ4v) is 2.13. The Bertz CT molecular complexity index is 788. The van der Waals surface area contributed by atoms with Gasteiger partial charge in [0.2, 0.25) is 0 Å². The van der Waals surface area contributed by atoms with Gasteiger partial charge < -0.3 is 10.4 Å². The summed E-state index contributed by atoms with van der Waals surface area (Å²) >= 11 is 0. The lowest BCUT2D eigenvalue weighted by Gasteiger charge is -2.10. The number of nitrogens with zero attached hydrogens (tertiary/aromatic N) is 2. The van der Waals surface area contributed by atoms with E-state index in [1.165, 1.54) is 0 Å². The number of fused-ring (bicyclic) bond motifs is 1. The van der Waals surface area contributed by atoms with Crippen molar-refractivity contribution < 1.29 is 9.90 Å². The van der Waals surface area contributed by atoms with Crippen LogP contribution in [0.15, 0.2) is 54.9 Å². The molecule has 3 aromatic rings. The normalized spacial score (nSPS) is 10.5. The minimum atomic E-state index is -1.03. The maximum absolute atomic E-state index is 11.2. The van der Waals surface area contributed by atoms with Crippen LogP contribution in [0.2, 0.25) is 0 Å². The number of nitrogens with one attached hydrogen (secondary N) is 1. The molecule has 0 atom stereocenters. The summed E-state index contributed by atoms with van der Waals surface area (Å²) < 4.78 is 0. The molecule has 5 heteroatoms. The molecule has 0 aliphatic rings. The highest BCUT2D eigenvalue weighted by Gasteiger charge is 2.10. The van der Waals surface area contributed by atoms with Crippen molar-refractivity contribution in [3.05, 3.63) is 66.1 Å². The first kappa shape index (κ1) is 13.1. The lowest BCUT2D eigenvalue weighted by Crippen LogP contribution is -2.07. The predicted octanol–water partition coefficient (Wildman–Crippen LogP) is 2.94. The summed E-state index contributed by atoms with van der Waals surface area (Å²) in [6.07, 6.45) is 3.44. The van der Waals surface area contributed by atoms with Crippen LogP contribution in [0.25, 0.3) is 10.8 Å². The summed E-state index contributed by atoms with van der Waals surface area (Å²) in [6.45, 7) is 0.558. The molecule has 0 saturated heterocycles. The number of rotatable bonds is 4. The van der Waals surface area contributed by atoms with E-state index >= 15 is 0 Å². The second-order valence-corrected chi connectivity index (χ2v) is 4.59. The van der Waals surface area contributed by atoms with E-state index in [9.17, 15) is 4.79 Å². The monoisotopic (exact) mass is 279 g/mol. The van der Waals surface area contributed by atoms with Crippen LogP contribution in [0.4, 0.5) is 5.82 Å². The molecular formula is C16H13N3O2. The molecule has 0 fully saturated rings. The highest BCUT2D eigenvalue weighted by Crippen LogP contribution is 2.23. The molecule has 0 aliphatic heterocycles. The maximum Gasteiger partial charge on any atom is 0.354 e. The molecule has 21 heavy (non-hydrogen) atoms. The van der Waals surface area contributed by atoms with Crippen LogP contribution in [-0.4, -0.2) is 21.0 Å². The first-order valence-corrected chi connectivity index (χ1v) is 6.50. The van der Waals surface area contributed by atoms with Gasteiger partial charge in [0.25, 0.3) is 0 Å². The Labute approximate surface area is 121 Å². The predicted molar refractivity (Wildman–Crippen MR) is 80.3 cm³/mol. The Hall–Kier alpha value is -2.95. The lowest BCUT2D eigenvalue weighted by molar-refractivity contribution is 0.0691. The zero-order chi connectivity index (χ0) is 14.7. The molecule has 104 valence electrons. The number of aromatic carboxylic acids is 1. The van der Waals surface area contributed by atoms with Gasteiger partial charge in [0.15, 0.2) is 5.69 Å². The summed E-state index contributed by atoms with van der Waals surface area (Å²) in [5, 5.41) is 14.1. The number of anilines is 1. The average molecular weight is 279 g/mol. The minimum absolute atomic E-state index is 0.0333. The molecule has 0 bridgehead atoms. The standard InChI is InChI=1S/C16H13N3O2/c20-16(21)14-9-12-3-1-2-4-13(12)15(19-14)18-10-11-5-7-17-8-6-11/h1-9H,10H2,(H,18,19)(H,20,21). The molecule has 5 nitrogen and oxygen atoms in total. The topological polar surface area (TPSA) is 75.1 Å². The molecular weight excluding hydrogens is 266 g/mol. The van der Waals surface area contributed by atoms with Crippen molar-refractivity contribution in [3.8, 4) is 0 Å². The summed E-state index contributed by atoms with van der Waals surface area (Å²) in [5.74, 6) is -0.463. The van der Waals surface area contributed by atoms with E-state index in [0.717, 1.165) is 16.3 Å². The summed E-state index contributed by atoms with van der Waals surface area (Å²) in [5.41, 5.74) is 1.09. The SMILES string of the molecule is O=C(O)c1cc2ccccc2c(NCc2ccncc2)n1. The zero-order valence-corrected chi connectivity index (χ0v) is 11.2. The molecule has 3 rings (SSSR count). The van der Waals surface area contributed by atoms with Crippen LogP contribution in [0.3, 0.4) is 0 Å². The van der Waals surface area contributed by atoms with E-state index < -0.39 is 5.97 Å². The van der Waals surface area contributed by atoms with Crippen LogP contribution >= 0.6 is 0 Å². The highest BCUT2D eigenvalue weighted by atomic mass is 16.4. The maximum atomic E-state index is 11.2. The second-order valence-electron chi connectivity index (χ2n) is 4.59. The van der Waals surface area contributed by atoms with Crippen LogP contribution < -0.4 is 5.32 Å². The first-order chi connectivity index (χ1) is 10.2. The van der Waals surface area contributed by atoms with E-state index in [0.29, 0.717) is 12.4 Å². The largest absolute Gasteiger partial charge is 0.477 e.